The van der Waals surface area contributed by atoms with Crippen molar-refractivity contribution in [2.75, 3.05) is 13.1 Å². The topological polar surface area (TPSA) is 36.1 Å². The number of Topliss-reactive ketones (excluding diaryl/α,β-unsaturated/α-hetero) is 1. The van der Waals surface area contributed by atoms with Crippen molar-refractivity contribution in [2.45, 2.75) is 39.7 Å². The number of hydrogen-bond donors (Lipinski definition) is 1. The van der Waals surface area contributed by atoms with Crippen LogP contribution in [-0.4, -0.2) is 28.8 Å². The molecule has 5 rings (SSSR count). The molecule has 0 radical (unpaired) electrons. The molecule has 0 aliphatic carbocycles. The Labute approximate surface area is 131 Å². The summed E-state index contributed by atoms with van der Waals surface area (Å²) in [6.45, 7) is 7.48. The molecule has 1 N–H and O–H groups in total. The van der Waals surface area contributed by atoms with Crippen molar-refractivity contribution < 1.29 is 4.79 Å². The van der Waals surface area contributed by atoms with Crippen molar-refractivity contribution >= 4 is 16.7 Å². The average Bonchev–Trinajstić information content (AvgIpc) is 2.85. The second-order valence-corrected chi connectivity index (χ2v) is 7.51. The fraction of sp³-hybridized carbons (Fsp3) is 0.526. The van der Waals surface area contributed by atoms with Crippen molar-refractivity contribution in [3.8, 4) is 0 Å². The van der Waals surface area contributed by atoms with Gasteiger partial charge in [0, 0.05) is 28.4 Å². The van der Waals surface area contributed by atoms with Gasteiger partial charge in [0.2, 0.25) is 0 Å². The van der Waals surface area contributed by atoms with Crippen LogP contribution in [0.1, 0.15) is 49.2 Å². The molecule has 4 heterocycles. The number of aromatic nitrogens is 1. The van der Waals surface area contributed by atoms with Crippen LogP contribution in [-0.2, 0) is 6.54 Å². The van der Waals surface area contributed by atoms with Gasteiger partial charge in [0.05, 0.1) is 5.69 Å². The number of carbonyl (C=O) groups is 1. The zero-order valence-corrected chi connectivity index (χ0v) is 13.5. The normalized spacial score (nSPS) is 28.0. The highest BCUT2D eigenvalue weighted by Gasteiger charge is 2.45. The first kappa shape index (κ1) is 14.0. The molecule has 1 aromatic heterocycles. The molecule has 3 aliphatic heterocycles. The zero-order chi connectivity index (χ0) is 15.3. The first-order chi connectivity index (χ1) is 10.6. The van der Waals surface area contributed by atoms with Gasteiger partial charge in [0.25, 0.3) is 0 Å². The molecule has 22 heavy (non-hydrogen) atoms. The Hall–Kier alpha value is -1.61. The summed E-state index contributed by atoms with van der Waals surface area (Å²) in [5.41, 5.74) is 3.04. The zero-order valence-electron chi connectivity index (χ0n) is 13.5. The molecule has 3 heteroatoms. The maximum atomic E-state index is 13.4. The average molecular weight is 296 g/mol. The van der Waals surface area contributed by atoms with Crippen molar-refractivity contribution in [1.82, 2.24) is 9.88 Å². The lowest BCUT2D eigenvalue weighted by Gasteiger charge is -2.43. The smallest absolute Gasteiger partial charge is 0.185 e. The number of para-hydroxylation sites is 1. The third kappa shape index (κ3) is 2.03. The highest BCUT2D eigenvalue weighted by atomic mass is 16.1. The standard InChI is InChI=1S/C19H24N2O/c1-13(2)11-19-7-9-21(10-8-19)12-15-14-5-3-4-6-16(14)20-17(15)18(19)22/h3-6,13,20H,7-12H2,1-2H3. The maximum absolute atomic E-state index is 13.4. The Balaban J connectivity index is 1.89. The van der Waals surface area contributed by atoms with Crippen molar-refractivity contribution in [3.05, 3.63) is 35.5 Å². The minimum absolute atomic E-state index is 0.152. The van der Waals surface area contributed by atoms with E-state index in [9.17, 15) is 4.79 Å². The van der Waals surface area contributed by atoms with Crippen LogP contribution in [0.2, 0.25) is 0 Å². The lowest BCUT2D eigenvalue weighted by atomic mass is 9.67. The highest BCUT2D eigenvalue weighted by molar-refractivity contribution is 6.05. The second-order valence-electron chi connectivity index (χ2n) is 7.51. The van der Waals surface area contributed by atoms with E-state index in [0.717, 1.165) is 50.1 Å². The Morgan fingerprint density at radius 1 is 1.23 bits per heavy atom. The number of ketones is 1. The summed E-state index contributed by atoms with van der Waals surface area (Å²) in [5.74, 6) is 0.925. The molecular weight excluding hydrogens is 272 g/mol. The highest BCUT2D eigenvalue weighted by Crippen LogP contribution is 2.44. The molecule has 116 valence electrons. The van der Waals surface area contributed by atoms with Crippen LogP contribution in [0.5, 0.6) is 0 Å². The Kier molecular flexibility index (Phi) is 3.15. The van der Waals surface area contributed by atoms with E-state index in [-0.39, 0.29) is 5.41 Å². The SMILES string of the molecule is CC(C)CC12CCN(CC1)Cc1c([nH]c3ccccc13)C2=O. The summed E-state index contributed by atoms with van der Waals surface area (Å²) in [7, 11) is 0. The number of hydrogen-bond acceptors (Lipinski definition) is 2. The van der Waals surface area contributed by atoms with Gasteiger partial charge in [-0.15, -0.1) is 0 Å². The van der Waals surface area contributed by atoms with E-state index in [2.05, 4.69) is 41.9 Å². The number of nitrogens with one attached hydrogen (secondary N) is 1. The molecule has 2 bridgehead atoms. The Bertz CT molecular complexity index is 720. The maximum Gasteiger partial charge on any atom is 0.185 e. The fourth-order valence-electron chi connectivity index (χ4n) is 4.49. The molecule has 0 amide bonds. The van der Waals surface area contributed by atoms with Crippen LogP contribution in [0.3, 0.4) is 0 Å². The predicted molar refractivity (Wildman–Crippen MR) is 89.0 cm³/mol. The summed E-state index contributed by atoms with van der Waals surface area (Å²) in [6.07, 6.45) is 3.03. The second kappa shape index (κ2) is 4.95. The molecule has 3 nitrogen and oxygen atoms in total. The molecule has 1 aromatic carbocycles. The predicted octanol–water partition coefficient (Wildman–Crippen LogP) is 3.99. The quantitative estimate of drug-likeness (QED) is 0.909. The van der Waals surface area contributed by atoms with Crippen LogP contribution in [0.15, 0.2) is 24.3 Å². The lowest BCUT2D eigenvalue weighted by Crippen LogP contribution is -2.47. The number of carbonyl (C=O) groups excluding carboxylic acids is 1. The molecule has 2 aromatic rings. The third-order valence-electron chi connectivity index (χ3n) is 5.52. The van der Waals surface area contributed by atoms with Gasteiger partial charge in [-0.2, -0.15) is 0 Å². The van der Waals surface area contributed by atoms with Crippen LogP contribution in [0.4, 0.5) is 0 Å². The van der Waals surface area contributed by atoms with Crippen LogP contribution in [0.25, 0.3) is 10.9 Å². The minimum atomic E-state index is -0.152. The van der Waals surface area contributed by atoms with Crippen LogP contribution < -0.4 is 0 Å². The van der Waals surface area contributed by atoms with E-state index in [1.54, 1.807) is 0 Å². The largest absolute Gasteiger partial charge is 0.352 e. The van der Waals surface area contributed by atoms with Crippen molar-refractivity contribution in [1.29, 1.82) is 0 Å². The summed E-state index contributed by atoms with van der Waals surface area (Å²) in [5, 5.41) is 1.22. The Morgan fingerprint density at radius 2 is 1.95 bits per heavy atom. The summed E-state index contributed by atoms with van der Waals surface area (Å²) >= 11 is 0. The van der Waals surface area contributed by atoms with Crippen molar-refractivity contribution in [3.63, 3.8) is 0 Å². The van der Waals surface area contributed by atoms with Crippen LogP contribution in [0, 0.1) is 11.3 Å². The number of aromatic amines is 1. The fourth-order valence-corrected chi connectivity index (χ4v) is 4.49. The van der Waals surface area contributed by atoms with E-state index in [1.165, 1.54) is 10.9 Å². The molecular formula is C19H24N2O. The molecule has 0 unspecified atom stereocenters. The first-order valence-electron chi connectivity index (χ1n) is 8.46. The van der Waals surface area contributed by atoms with Gasteiger partial charge in [0.15, 0.2) is 5.78 Å². The number of nitrogens with zero attached hydrogens (tertiary/aromatic N) is 1. The molecule has 0 spiro atoms. The van der Waals surface area contributed by atoms with Gasteiger partial charge in [-0.05, 0) is 44.3 Å². The number of rotatable bonds is 2. The number of fused-ring (bicyclic) bond motifs is 3. The van der Waals surface area contributed by atoms with E-state index < -0.39 is 0 Å². The van der Waals surface area contributed by atoms with Crippen LogP contribution >= 0.6 is 0 Å². The van der Waals surface area contributed by atoms with E-state index >= 15 is 0 Å². The third-order valence-corrected chi connectivity index (χ3v) is 5.52. The summed E-state index contributed by atoms with van der Waals surface area (Å²) in [6, 6.07) is 8.33. The van der Waals surface area contributed by atoms with Gasteiger partial charge >= 0.3 is 0 Å². The minimum Gasteiger partial charge on any atom is -0.352 e. The van der Waals surface area contributed by atoms with Crippen molar-refractivity contribution in [2.24, 2.45) is 11.3 Å². The van der Waals surface area contributed by atoms with E-state index in [0.29, 0.717) is 11.7 Å². The number of H-pyrrole nitrogens is 1. The summed E-state index contributed by atoms with van der Waals surface area (Å²) in [4.78, 5) is 19.4. The lowest BCUT2D eigenvalue weighted by molar-refractivity contribution is 0.0466. The molecule has 1 fully saturated rings. The van der Waals surface area contributed by atoms with E-state index in [1.807, 2.05) is 6.07 Å². The van der Waals surface area contributed by atoms with Gasteiger partial charge in [-0.1, -0.05) is 32.0 Å². The molecule has 1 saturated heterocycles. The molecule has 0 atom stereocenters. The van der Waals surface area contributed by atoms with Gasteiger partial charge < -0.3 is 4.98 Å². The van der Waals surface area contributed by atoms with Gasteiger partial charge in [0.1, 0.15) is 0 Å². The first-order valence-corrected chi connectivity index (χ1v) is 8.46. The summed E-state index contributed by atoms with van der Waals surface area (Å²) < 4.78 is 0. The number of benzene rings is 1. The van der Waals surface area contributed by atoms with E-state index in [4.69, 9.17) is 0 Å². The van der Waals surface area contributed by atoms with Gasteiger partial charge in [-0.25, -0.2) is 0 Å². The Morgan fingerprint density at radius 3 is 2.68 bits per heavy atom. The molecule has 0 saturated carbocycles. The van der Waals surface area contributed by atoms with Gasteiger partial charge in [-0.3, -0.25) is 9.69 Å². The molecule has 3 aliphatic rings. The number of piperidine rings is 1. The monoisotopic (exact) mass is 296 g/mol.